The average molecular weight is 289 g/mol. The molecule has 0 saturated heterocycles. The van der Waals surface area contributed by atoms with Gasteiger partial charge in [0.1, 0.15) is 5.69 Å². The van der Waals surface area contributed by atoms with Gasteiger partial charge in [-0.15, -0.1) is 0 Å². The summed E-state index contributed by atoms with van der Waals surface area (Å²) in [5.41, 5.74) is 0.699. The fourth-order valence-electron chi connectivity index (χ4n) is 1.62. The SMILES string of the molecule is O=C(NCCn1cccn1)NCc1ccc(C(=O)O)nc1. The van der Waals surface area contributed by atoms with Crippen molar-refractivity contribution in [3.8, 4) is 0 Å². The molecule has 8 nitrogen and oxygen atoms in total. The number of pyridine rings is 1. The largest absolute Gasteiger partial charge is 0.477 e. The van der Waals surface area contributed by atoms with E-state index in [1.807, 2.05) is 12.3 Å². The molecule has 0 bridgehead atoms. The zero-order valence-electron chi connectivity index (χ0n) is 11.2. The number of aromatic carboxylic acids is 1. The van der Waals surface area contributed by atoms with Gasteiger partial charge in [-0.05, 0) is 17.7 Å². The highest BCUT2D eigenvalue weighted by Crippen LogP contribution is 1.99. The lowest BCUT2D eigenvalue weighted by Crippen LogP contribution is -2.36. The first-order valence-electron chi connectivity index (χ1n) is 6.32. The molecule has 2 aromatic heterocycles. The number of carboxylic acids is 1. The summed E-state index contributed by atoms with van der Waals surface area (Å²) in [6.45, 7) is 1.33. The summed E-state index contributed by atoms with van der Waals surface area (Å²) in [6, 6.07) is 4.52. The van der Waals surface area contributed by atoms with Crippen LogP contribution < -0.4 is 10.6 Å². The summed E-state index contributed by atoms with van der Waals surface area (Å²) in [6.07, 6.45) is 4.91. The Kier molecular flexibility index (Phi) is 4.86. The molecule has 21 heavy (non-hydrogen) atoms. The molecule has 0 saturated carbocycles. The van der Waals surface area contributed by atoms with E-state index in [2.05, 4.69) is 20.7 Å². The van der Waals surface area contributed by atoms with Crippen molar-refractivity contribution >= 4 is 12.0 Å². The summed E-state index contributed by atoms with van der Waals surface area (Å²) >= 11 is 0. The van der Waals surface area contributed by atoms with Crippen LogP contribution in [0.2, 0.25) is 0 Å². The number of carbonyl (C=O) groups excluding carboxylic acids is 1. The van der Waals surface area contributed by atoms with Crippen molar-refractivity contribution < 1.29 is 14.7 Å². The minimum absolute atomic E-state index is 0.0255. The van der Waals surface area contributed by atoms with Crippen LogP contribution in [0.4, 0.5) is 4.79 Å². The van der Waals surface area contributed by atoms with Crippen LogP contribution >= 0.6 is 0 Å². The quantitative estimate of drug-likeness (QED) is 0.716. The number of hydrogen-bond donors (Lipinski definition) is 3. The Morgan fingerprint density at radius 3 is 2.76 bits per heavy atom. The van der Waals surface area contributed by atoms with Crippen LogP contribution in [0.15, 0.2) is 36.8 Å². The van der Waals surface area contributed by atoms with Crippen LogP contribution in [0.5, 0.6) is 0 Å². The van der Waals surface area contributed by atoms with Gasteiger partial charge in [-0.25, -0.2) is 14.6 Å². The van der Waals surface area contributed by atoms with E-state index in [1.54, 1.807) is 16.9 Å². The second-order valence-corrected chi connectivity index (χ2v) is 4.24. The summed E-state index contributed by atoms with van der Waals surface area (Å²) in [5.74, 6) is -1.08. The maximum absolute atomic E-state index is 11.6. The lowest BCUT2D eigenvalue weighted by atomic mass is 10.2. The van der Waals surface area contributed by atoms with Gasteiger partial charge in [0.15, 0.2) is 0 Å². The summed E-state index contributed by atoms with van der Waals surface area (Å²) in [7, 11) is 0. The lowest BCUT2D eigenvalue weighted by Gasteiger charge is -2.07. The summed E-state index contributed by atoms with van der Waals surface area (Å²) < 4.78 is 1.72. The van der Waals surface area contributed by atoms with E-state index in [0.29, 0.717) is 13.1 Å². The van der Waals surface area contributed by atoms with Crippen molar-refractivity contribution in [3.63, 3.8) is 0 Å². The molecule has 0 aliphatic rings. The number of aromatic nitrogens is 3. The molecule has 8 heteroatoms. The molecule has 0 radical (unpaired) electrons. The number of hydrogen-bond acceptors (Lipinski definition) is 4. The lowest BCUT2D eigenvalue weighted by molar-refractivity contribution is 0.0690. The summed E-state index contributed by atoms with van der Waals surface area (Å²) in [4.78, 5) is 26.0. The minimum atomic E-state index is -1.08. The van der Waals surface area contributed by atoms with Crippen LogP contribution in [0.1, 0.15) is 16.1 Å². The maximum Gasteiger partial charge on any atom is 0.354 e. The fraction of sp³-hybridized carbons (Fsp3) is 0.231. The molecule has 2 rings (SSSR count). The third-order valence-electron chi connectivity index (χ3n) is 2.68. The molecule has 0 unspecified atom stereocenters. The van der Waals surface area contributed by atoms with Gasteiger partial charge in [0, 0.05) is 31.7 Å². The molecule has 0 aliphatic heterocycles. The minimum Gasteiger partial charge on any atom is -0.477 e. The first kappa shape index (κ1) is 14.5. The van der Waals surface area contributed by atoms with Crippen LogP contribution in [0, 0.1) is 0 Å². The molecule has 110 valence electrons. The van der Waals surface area contributed by atoms with E-state index < -0.39 is 5.97 Å². The highest BCUT2D eigenvalue weighted by molar-refractivity contribution is 5.85. The Bertz CT molecular complexity index is 595. The molecule has 0 spiro atoms. The van der Waals surface area contributed by atoms with E-state index >= 15 is 0 Å². The number of nitrogens with zero attached hydrogens (tertiary/aromatic N) is 3. The van der Waals surface area contributed by atoms with Crippen molar-refractivity contribution in [3.05, 3.63) is 48.0 Å². The van der Waals surface area contributed by atoms with E-state index in [4.69, 9.17) is 5.11 Å². The second kappa shape index (κ2) is 7.04. The number of urea groups is 1. The van der Waals surface area contributed by atoms with Crippen molar-refractivity contribution in [2.45, 2.75) is 13.1 Å². The zero-order valence-corrected chi connectivity index (χ0v) is 11.2. The van der Waals surface area contributed by atoms with Gasteiger partial charge in [-0.2, -0.15) is 5.10 Å². The van der Waals surface area contributed by atoms with Crippen molar-refractivity contribution in [2.24, 2.45) is 0 Å². The van der Waals surface area contributed by atoms with E-state index in [9.17, 15) is 9.59 Å². The standard InChI is InChI=1S/C13H15N5O3/c19-12(20)11-3-2-10(8-15-11)9-16-13(21)14-5-7-18-6-1-4-17-18/h1-4,6,8H,5,7,9H2,(H,19,20)(H2,14,16,21). The van der Waals surface area contributed by atoms with Gasteiger partial charge in [0.2, 0.25) is 0 Å². The van der Waals surface area contributed by atoms with Gasteiger partial charge < -0.3 is 15.7 Å². The van der Waals surface area contributed by atoms with Crippen molar-refractivity contribution in [1.29, 1.82) is 0 Å². The fourth-order valence-corrected chi connectivity index (χ4v) is 1.62. The molecule has 3 N–H and O–H groups in total. The normalized spacial score (nSPS) is 10.1. The maximum atomic E-state index is 11.6. The molecule has 0 aliphatic carbocycles. The third kappa shape index (κ3) is 4.60. The molecular weight excluding hydrogens is 274 g/mol. The Balaban J connectivity index is 1.69. The second-order valence-electron chi connectivity index (χ2n) is 4.24. The average Bonchev–Trinajstić information content (AvgIpc) is 2.99. The van der Waals surface area contributed by atoms with Crippen molar-refractivity contribution in [1.82, 2.24) is 25.4 Å². The van der Waals surface area contributed by atoms with Crippen LogP contribution in [0.3, 0.4) is 0 Å². The Labute approximate surface area is 120 Å². The molecular formula is C13H15N5O3. The Morgan fingerprint density at radius 2 is 2.14 bits per heavy atom. The van der Waals surface area contributed by atoms with Gasteiger partial charge in [-0.1, -0.05) is 6.07 Å². The highest BCUT2D eigenvalue weighted by Gasteiger charge is 2.04. The van der Waals surface area contributed by atoms with E-state index in [1.165, 1.54) is 12.3 Å². The molecule has 0 aromatic carbocycles. The summed E-state index contributed by atoms with van der Waals surface area (Å²) in [5, 5.41) is 18.1. The number of amides is 2. The van der Waals surface area contributed by atoms with E-state index in [-0.39, 0.29) is 18.3 Å². The van der Waals surface area contributed by atoms with Crippen LogP contribution in [-0.4, -0.2) is 38.4 Å². The van der Waals surface area contributed by atoms with Gasteiger partial charge in [0.25, 0.3) is 0 Å². The monoisotopic (exact) mass is 289 g/mol. The molecule has 2 aromatic rings. The predicted octanol–water partition coefficient (Wildman–Crippen LogP) is 0.476. The zero-order chi connectivity index (χ0) is 15.1. The molecule has 2 amide bonds. The van der Waals surface area contributed by atoms with E-state index in [0.717, 1.165) is 5.56 Å². The van der Waals surface area contributed by atoms with Gasteiger partial charge >= 0.3 is 12.0 Å². The number of carboxylic acid groups (broad SMARTS) is 1. The smallest absolute Gasteiger partial charge is 0.354 e. The number of nitrogens with one attached hydrogen (secondary N) is 2. The first-order chi connectivity index (χ1) is 10.1. The van der Waals surface area contributed by atoms with Gasteiger partial charge in [-0.3, -0.25) is 4.68 Å². The van der Waals surface area contributed by atoms with Crippen LogP contribution in [0.25, 0.3) is 0 Å². The predicted molar refractivity (Wildman–Crippen MR) is 73.7 cm³/mol. The molecule has 0 atom stereocenters. The first-order valence-corrected chi connectivity index (χ1v) is 6.32. The third-order valence-corrected chi connectivity index (χ3v) is 2.68. The molecule has 0 fully saturated rings. The van der Waals surface area contributed by atoms with Crippen molar-refractivity contribution in [2.75, 3.05) is 6.54 Å². The highest BCUT2D eigenvalue weighted by atomic mass is 16.4. The Morgan fingerprint density at radius 1 is 1.29 bits per heavy atom. The topological polar surface area (TPSA) is 109 Å². The van der Waals surface area contributed by atoms with Gasteiger partial charge in [0.05, 0.1) is 6.54 Å². The molecule has 2 heterocycles. The van der Waals surface area contributed by atoms with Crippen LogP contribution in [-0.2, 0) is 13.1 Å². The number of rotatable bonds is 6. The number of carbonyl (C=O) groups is 2. The Hall–Kier alpha value is -2.90.